The normalized spacial score (nSPS) is 11.0. The summed E-state index contributed by atoms with van der Waals surface area (Å²) in [7, 11) is 1.82. The molecule has 5 rings (SSSR count). The molecule has 0 fully saturated rings. The molecule has 0 aliphatic rings. The summed E-state index contributed by atoms with van der Waals surface area (Å²) in [6.07, 6.45) is 6.31. The number of amides is 1. The first kappa shape index (κ1) is 21.4. The first-order chi connectivity index (χ1) is 16.6. The Morgan fingerprint density at radius 3 is 2.62 bits per heavy atom. The van der Waals surface area contributed by atoms with Crippen LogP contribution in [0.1, 0.15) is 23.8 Å². The number of anilines is 2. The van der Waals surface area contributed by atoms with Gasteiger partial charge in [0.05, 0.1) is 6.20 Å². The molecule has 0 spiro atoms. The van der Waals surface area contributed by atoms with Gasteiger partial charge in [0.1, 0.15) is 11.5 Å². The highest BCUT2D eigenvalue weighted by molar-refractivity contribution is 5.98. The molecule has 3 heterocycles. The Balaban J connectivity index is 1.36. The number of benzene rings is 2. The molecule has 8 heteroatoms. The van der Waals surface area contributed by atoms with E-state index < -0.39 is 0 Å². The number of rotatable bonds is 7. The highest BCUT2D eigenvalue weighted by atomic mass is 16.2. The second-order valence-electron chi connectivity index (χ2n) is 8.17. The molecule has 1 amide bonds. The number of hydrogen-bond donors (Lipinski definition) is 3. The summed E-state index contributed by atoms with van der Waals surface area (Å²) in [5, 5.41) is 11.1. The first-order valence-electron chi connectivity index (χ1n) is 11.2. The quantitative estimate of drug-likeness (QED) is 0.314. The number of nitrogens with zero attached hydrogens (tertiary/aromatic N) is 4. The van der Waals surface area contributed by atoms with Crippen molar-refractivity contribution in [3.8, 4) is 22.5 Å². The van der Waals surface area contributed by atoms with Crippen LogP contribution in [0.2, 0.25) is 0 Å². The Morgan fingerprint density at radius 1 is 1.03 bits per heavy atom. The second-order valence-corrected chi connectivity index (χ2v) is 8.17. The smallest absolute Gasteiger partial charge is 0.270 e. The minimum Gasteiger partial charge on any atom is -0.351 e. The molecule has 3 N–H and O–H groups in total. The zero-order valence-electron chi connectivity index (χ0n) is 19.0. The van der Waals surface area contributed by atoms with E-state index in [1.165, 1.54) is 0 Å². The molecule has 0 aliphatic heterocycles. The maximum absolute atomic E-state index is 12.6. The van der Waals surface area contributed by atoms with Gasteiger partial charge in [-0.05, 0) is 42.3 Å². The van der Waals surface area contributed by atoms with Crippen LogP contribution in [0.4, 0.5) is 11.5 Å². The maximum Gasteiger partial charge on any atom is 0.270 e. The molecular weight excluding hydrogens is 426 g/mol. The van der Waals surface area contributed by atoms with Crippen molar-refractivity contribution in [3.63, 3.8) is 0 Å². The van der Waals surface area contributed by atoms with Crippen molar-refractivity contribution in [2.24, 2.45) is 0 Å². The largest absolute Gasteiger partial charge is 0.351 e. The van der Waals surface area contributed by atoms with Crippen molar-refractivity contribution in [1.82, 2.24) is 30.0 Å². The number of carbonyl (C=O) groups is 1. The molecule has 3 aromatic heterocycles. The maximum atomic E-state index is 12.6. The van der Waals surface area contributed by atoms with Gasteiger partial charge in [0.15, 0.2) is 5.82 Å². The van der Waals surface area contributed by atoms with Crippen LogP contribution in [0, 0.1) is 0 Å². The van der Waals surface area contributed by atoms with Gasteiger partial charge in [0, 0.05) is 53.7 Å². The van der Waals surface area contributed by atoms with Crippen LogP contribution in [-0.4, -0.2) is 49.5 Å². The Morgan fingerprint density at radius 2 is 1.85 bits per heavy atom. The van der Waals surface area contributed by atoms with E-state index in [1.807, 2.05) is 67.8 Å². The summed E-state index contributed by atoms with van der Waals surface area (Å²) >= 11 is 0. The average Bonchev–Trinajstić information content (AvgIpc) is 3.54. The van der Waals surface area contributed by atoms with Gasteiger partial charge < -0.3 is 15.2 Å². The summed E-state index contributed by atoms with van der Waals surface area (Å²) in [6, 6.07) is 17.7. The number of aromatic amines is 2. The van der Waals surface area contributed by atoms with Crippen molar-refractivity contribution >= 4 is 28.3 Å². The number of carbonyl (C=O) groups excluding carboxylic acids is 1. The van der Waals surface area contributed by atoms with Crippen LogP contribution in [0.5, 0.6) is 0 Å². The lowest BCUT2D eigenvalue weighted by molar-refractivity contribution is 0.0790. The van der Waals surface area contributed by atoms with Crippen LogP contribution in [0.3, 0.4) is 0 Å². The Labute approximate surface area is 197 Å². The van der Waals surface area contributed by atoms with Crippen LogP contribution < -0.4 is 5.32 Å². The predicted molar refractivity (Wildman–Crippen MR) is 134 cm³/mol. The Hall–Kier alpha value is -4.46. The van der Waals surface area contributed by atoms with Gasteiger partial charge in [-0.3, -0.25) is 9.89 Å². The number of nitrogens with one attached hydrogen (secondary N) is 3. The highest BCUT2D eigenvalue weighted by Gasteiger charge is 2.14. The van der Waals surface area contributed by atoms with Crippen molar-refractivity contribution < 1.29 is 4.79 Å². The molecule has 0 bridgehead atoms. The van der Waals surface area contributed by atoms with Crippen LogP contribution in [0.15, 0.2) is 73.2 Å². The molecular formula is C26H25N7O. The van der Waals surface area contributed by atoms with E-state index in [0.717, 1.165) is 46.2 Å². The lowest BCUT2D eigenvalue weighted by Gasteiger charge is -2.14. The SMILES string of the molecule is CCCN(C)C(=O)c1cc2ccc(-c3nccc(Nc4ccc(-c5cn[nH]c5)cc4)n3)cc2[nH]1. The number of hydrogen-bond acceptors (Lipinski definition) is 5. The predicted octanol–water partition coefficient (Wildman–Crippen LogP) is 5.24. The number of H-pyrrole nitrogens is 2. The lowest BCUT2D eigenvalue weighted by Crippen LogP contribution is -2.27. The van der Waals surface area contributed by atoms with Crippen LogP contribution in [0.25, 0.3) is 33.4 Å². The molecule has 0 atom stereocenters. The molecule has 0 saturated heterocycles. The van der Waals surface area contributed by atoms with Gasteiger partial charge >= 0.3 is 0 Å². The van der Waals surface area contributed by atoms with E-state index in [4.69, 9.17) is 0 Å². The van der Waals surface area contributed by atoms with E-state index in [-0.39, 0.29) is 5.91 Å². The van der Waals surface area contributed by atoms with Gasteiger partial charge in [0.25, 0.3) is 5.91 Å². The molecule has 170 valence electrons. The summed E-state index contributed by atoms with van der Waals surface area (Å²) in [5.74, 6) is 1.29. The molecule has 34 heavy (non-hydrogen) atoms. The standard InChI is InChI=1S/C26H25N7O/c1-3-12-33(2)26(34)23-13-18-4-5-19(14-22(18)31-23)25-27-11-10-24(32-25)30-21-8-6-17(7-9-21)20-15-28-29-16-20/h4-11,13-16,31H,3,12H2,1-2H3,(H,28,29)(H,27,30,32). The lowest BCUT2D eigenvalue weighted by atomic mass is 10.1. The molecule has 2 aromatic carbocycles. The summed E-state index contributed by atoms with van der Waals surface area (Å²) in [4.78, 5) is 26.7. The third-order valence-corrected chi connectivity index (χ3v) is 5.66. The van der Waals surface area contributed by atoms with Crippen molar-refractivity contribution in [2.75, 3.05) is 18.9 Å². The van der Waals surface area contributed by atoms with E-state index >= 15 is 0 Å². The third kappa shape index (κ3) is 4.38. The second kappa shape index (κ2) is 9.19. The minimum absolute atomic E-state index is 0.0131. The molecule has 0 aliphatic carbocycles. The van der Waals surface area contributed by atoms with Crippen molar-refractivity contribution in [2.45, 2.75) is 13.3 Å². The van der Waals surface area contributed by atoms with E-state index in [0.29, 0.717) is 17.3 Å². The summed E-state index contributed by atoms with van der Waals surface area (Å²) in [6.45, 7) is 2.78. The van der Waals surface area contributed by atoms with Crippen molar-refractivity contribution in [3.05, 3.63) is 78.9 Å². The topological polar surface area (TPSA) is 103 Å². The molecule has 0 saturated carbocycles. The van der Waals surface area contributed by atoms with Crippen molar-refractivity contribution in [1.29, 1.82) is 0 Å². The minimum atomic E-state index is -0.0131. The molecule has 5 aromatic rings. The fourth-order valence-corrected chi connectivity index (χ4v) is 3.89. The molecule has 0 radical (unpaired) electrons. The summed E-state index contributed by atoms with van der Waals surface area (Å²) in [5.41, 5.74) is 5.38. The first-order valence-corrected chi connectivity index (χ1v) is 11.2. The zero-order valence-corrected chi connectivity index (χ0v) is 19.0. The van der Waals surface area contributed by atoms with E-state index in [9.17, 15) is 4.79 Å². The van der Waals surface area contributed by atoms with Gasteiger partial charge in [-0.15, -0.1) is 0 Å². The third-order valence-electron chi connectivity index (χ3n) is 5.66. The van der Waals surface area contributed by atoms with E-state index in [1.54, 1.807) is 17.3 Å². The van der Waals surface area contributed by atoms with Gasteiger partial charge in [-0.2, -0.15) is 5.10 Å². The fourth-order valence-electron chi connectivity index (χ4n) is 3.89. The van der Waals surface area contributed by atoms with Gasteiger partial charge in [-0.1, -0.05) is 31.2 Å². The monoisotopic (exact) mass is 451 g/mol. The Bertz CT molecular complexity index is 1420. The zero-order chi connectivity index (χ0) is 23.5. The van der Waals surface area contributed by atoms with Crippen LogP contribution >= 0.6 is 0 Å². The Kier molecular flexibility index (Phi) is 5.78. The van der Waals surface area contributed by atoms with Gasteiger partial charge in [0.2, 0.25) is 0 Å². The fraction of sp³-hybridized carbons (Fsp3) is 0.154. The number of fused-ring (bicyclic) bond motifs is 1. The average molecular weight is 452 g/mol. The molecule has 8 nitrogen and oxygen atoms in total. The molecule has 0 unspecified atom stereocenters. The highest BCUT2D eigenvalue weighted by Crippen LogP contribution is 2.25. The van der Waals surface area contributed by atoms with Gasteiger partial charge in [-0.25, -0.2) is 9.97 Å². The van der Waals surface area contributed by atoms with E-state index in [2.05, 4.69) is 37.4 Å². The number of aromatic nitrogens is 5. The van der Waals surface area contributed by atoms with Crippen LogP contribution in [-0.2, 0) is 0 Å². The summed E-state index contributed by atoms with van der Waals surface area (Å²) < 4.78 is 0.